The fourth-order valence-electron chi connectivity index (χ4n) is 0.574. The van der Waals surface area contributed by atoms with Crippen molar-refractivity contribution in [2.45, 2.75) is 20.8 Å². The number of H-pyrrole nitrogens is 1. The Morgan fingerprint density at radius 1 is 1.45 bits per heavy atom. The standard InChI is InChI=1S/C6H7NO2.C2H6/c1-4-6(9)5(8)2-3-7-4;1-2/h2-3,9H,1H3,(H,7,8);1-2H3. The average Bonchev–Trinajstić information content (AvgIpc) is 2.04. The smallest absolute Gasteiger partial charge is 0.223 e. The summed E-state index contributed by atoms with van der Waals surface area (Å²) >= 11 is 0. The minimum Gasteiger partial charge on any atom is -0.503 e. The molecule has 0 unspecified atom stereocenters. The molecule has 1 heterocycles. The molecule has 0 aliphatic heterocycles. The monoisotopic (exact) mass is 155 g/mol. The van der Waals surface area contributed by atoms with Crippen LogP contribution in [0.3, 0.4) is 0 Å². The van der Waals surface area contributed by atoms with Gasteiger partial charge in [0.05, 0.1) is 5.69 Å². The molecule has 1 aromatic rings. The Bertz CT molecular complexity index is 265. The van der Waals surface area contributed by atoms with Crippen LogP contribution >= 0.6 is 0 Å². The summed E-state index contributed by atoms with van der Waals surface area (Å²) in [4.78, 5) is 13.3. The predicted octanol–water partition coefficient (Wildman–Crippen LogP) is 1.42. The van der Waals surface area contributed by atoms with Crippen molar-refractivity contribution in [3.8, 4) is 5.75 Å². The molecule has 1 aromatic heterocycles. The number of aryl methyl sites for hydroxylation is 1. The first kappa shape index (κ1) is 9.75. The summed E-state index contributed by atoms with van der Waals surface area (Å²) in [5, 5.41) is 8.86. The zero-order valence-corrected chi connectivity index (χ0v) is 7.01. The first-order chi connectivity index (χ1) is 5.22. The second-order valence-electron chi connectivity index (χ2n) is 1.82. The van der Waals surface area contributed by atoms with Gasteiger partial charge in [-0.1, -0.05) is 13.8 Å². The van der Waals surface area contributed by atoms with Gasteiger partial charge in [-0.15, -0.1) is 0 Å². The van der Waals surface area contributed by atoms with Crippen LogP contribution < -0.4 is 5.43 Å². The van der Waals surface area contributed by atoms with E-state index in [9.17, 15) is 4.79 Å². The summed E-state index contributed by atoms with van der Waals surface area (Å²) in [6.07, 6.45) is 1.50. The molecule has 2 N–H and O–H groups in total. The molecule has 0 aliphatic carbocycles. The Hall–Kier alpha value is -1.25. The van der Waals surface area contributed by atoms with Gasteiger partial charge in [0.15, 0.2) is 5.75 Å². The number of aromatic hydroxyl groups is 1. The molecule has 0 bridgehead atoms. The molecule has 11 heavy (non-hydrogen) atoms. The van der Waals surface area contributed by atoms with E-state index in [1.54, 1.807) is 6.92 Å². The molecule has 3 nitrogen and oxygen atoms in total. The van der Waals surface area contributed by atoms with Crippen molar-refractivity contribution in [2.75, 3.05) is 0 Å². The number of nitrogens with one attached hydrogen (secondary N) is 1. The molecule has 1 rings (SSSR count). The van der Waals surface area contributed by atoms with Gasteiger partial charge < -0.3 is 10.1 Å². The van der Waals surface area contributed by atoms with Crippen molar-refractivity contribution in [3.63, 3.8) is 0 Å². The van der Waals surface area contributed by atoms with Crippen molar-refractivity contribution >= 4 is 0 Å². The van der Waals surface area contributed by atoms with Crippen molar-refractivity contribution in [1.82, 2.24) is 4.98 Å². The highest BCUT2D eigenvalue weighted by Crippen LogP contribution is 2.02. The van der Waals surface area contributed by atoms with Crippen molar-refractivity contribution in [2.24, 2.45) is 0 Å². The van der Waals surface area contributed by atoms with Crippen LogP contribution in [0.4, 0.5) is 0 Å². The Labute approximate surface area is 65.7 Å². The zero-order chi connectivity index (χ0) is 8.85. The van der Waals surface area contributed by atoms with E-state index in [-0.39, 0.29) is 11.2 Å². The van der Waals surface area contributed by atoms with E-state index in [4.69, 9.17) is 5.11 Å². The molecular weight excluding hydrogens is 142 g/mol. The van der Waals surface area contributed by atoms with Gasteiger partial charge in [-0.2, -0.15) is 0 Å². The van der Waals surface area contributed by atoms with Crippen LogP contribution in [-0.4, -0.2) is 10.1 Å². The van der Waals surface area contributed by atoms with Crippen LogP contribution in [0.2, 0.25) is 0 Å². The first-order valence-corrected chi connectivity index (χ1v) is 3.59. The second-order valence-corrected chi connectivity index (χ2v) is 1.82. The van der Waals surface area contributed by atoms with Crippen molar-refractivity contribution in [1.29, 1.82) is 0 Å². The number of pyridine rings is 1. The normalized spacial score (nSPS) is 8.27. The van der Waals surface area contributed by atoms with Crippen LogP contribution in [0.25, 0.3) is 0 Å². The van der Waals surface area contributed by atoms with Crippen LogP contribution in [0, 0.1) is 6.92 Å². The molecule has 0 fully saturated rings. The van der Waals surface area contributed by atoms with Crippen molar-refractivity contribution in [3.05, 3.63) is 28.2 Å². The van der Waals surface area contributed by atoms with E-state index >= 15 is 0 Å². The summed E-state index contributed by atoms with van der Waals surface area (Å²) in [5.74, 6) is -0.197. The number of aromatic amines is 1. The lowest BCUT2D eigenvalue weighted by Crippen LogP contribution is -1.99. The number of rotatable bonds is 0. The fourth-order valence-corrected chi connectivity index (χ4v) is 0.574. The highest BCUT2D eigenvalue weighted by Gasteiger charge is 1.96. The van der Waals surface area contributed by atoms with Gasteiger partial charge in [0.1, 0.15) is 0 Å². The molecule has 0 amide bonds. The third kappa shape index (κ3) is 2.45. The number of aromatic nitrogens is 1. The lowest BCUT2D eigenvalue weighted by molar-refractivity contribution is 0.462. The van der Waals surface area contributed by atoms with Crippen LogP contribution in [-0.2, 0) is 0 Å². The zero-order valence-electron chi connectivity index (χ0n) is 7.01. The predicted molar refractivity (Wildman–Crippen MR) is 44.8 cm³/mol. The molecule has 3 heteroatoms. The number of hydrogen-bond acceptors (Lipinski definition) is 2. The Morgan fingerprint density at radius 3 is 2.36 bits per heavy atom. The van der Waals surface area contributed by atoms with E-state index < -0.39 is 0 Å². The van der Waals surface area contributed by atoms with Gasteiger partial charge in [0.25, 0.3) is 0 Å². The fraction of sp³-hybridized carbons (Fsp3) is 0.375. The summed E-state index contributed by atoms with van der Waals surface area (Å²) in [7, 11) is 0. The van der Waals surface area contributed by atoms with E-state index in [1.807, 2.05) is 13.8 Å². The molecule has 0 saturated heterocycles. The summed E-state index contributed by atoms with van der Waals surface area (Å²) in [6, 6.07) is 1.28. The largest absolute Gasteiger partial charge is 0.503 e. The van der Waals surface area contributed by atoms with Gasteiger partial charge in [-0.25, -0.2) is 0 Å². The quantitative estimate of drug-likeness (QED) is 0.595. The summed E-state index contributed by atoms with van der Waals surface area (Å²) in [5.41, 5.74) is 0.161. The maximum absolute atomic E-state index is 10.6. The minimum absolute atomic E-state index is 0.197. The van der Waals surface area contributed by atoms with E-state index in [2.05, 4.69) is 4.98 Å². The Balaban J connectivity index is 0.000000461. The van der Waals surface area contributed by atoms with Gasteiger partial charge >= 0.3 is 0 Å². The Morgan fingerprint density at radius 2 is 2.00 bits per heavy atom. The SMILES string of the molecule is CC.Cc1[nH]ccc(=O)c1O. The van der Waals surface area contributed by atoms with Crippen LogP contribution in [0.1, 0.15) is 19.5 Å². The first-order valence-electron chi connectivity index (χ1n) is 3.59. The molecule has 0 radical (unpaired) electrons. The third-order valence-corrected chi connectivity index (χ3v) is 1.12. The van der Waals surface area contributed by atoms with Crippen LogP contribution in [0.15, 0.2) is 17.1 Å². The van der Waals surface area contributed by atoms with E-state index in [0.717, 1.165) is 0 Å². The summed E-state index contributed by atoms with van der Waals surface area (Å²) < 4.78 is 0. The topological polar surface area (TPSA) is 53.1 Å². The minimum atomic E-state index is -0.341. The van der Waals surface area contributed by atoms with E-state index in [1.165, 1.54) is 12.3 Å². The number of hydrogen-bond donors (Lipinski definition) is 2. The van der Waals surface area contributed by atoms with Gasteiger partial charge in [0, 0.05) is 12.3 Å². The molecule has 62 valence electrons. The maximum Gasteiger partial charge on any atom is 0.223 e. The third-order valence-electron chi connectivity index (χ3n) is 1.12. The lowest BCUT2D eigenvalue weighted by Gasteiger charge is -1.92. The van der Waals surface area contributed by atoms with Gasteiger partial charge in [-0.3, -0.25) is 4.79 Å². The van der Waals surface area contributed by atoms with Crippen LogP contribution in [0.5, 0.6) is 5.75 Å². The molecule has 0 aromatic carbocycles. The highest BCUT2D eigenvalue weighted by atomic mass is 16.3. The molecule has 0 aliphatic rings. The maximum atomic E-state index is 10.6. The second kappa shape index (κ2) is 4.55. The highest BCUT2D eigenvalue weighted by molar-refractivity contribution is 5.23. The Kier molecular flexibility index (Phi) is 4.03. The van der Waals surface area contributed by atoms with Crippen molar-refractivity contribution < 1.29 is 5.11 Å². The lowest BCUT2D eigenvalue weighted by atomic mass is 10.3. The average molecular weight is 155 g/mol. The van der Waals surface area contributed by atoms with Gasteiger partial charge in [0.2, 0.25) is 5.43 Å². The van der Waals surface area contributed by atoms with Gasteiger partial charge in [-0.05, 0) is 6.92 Å². The molecule has 0 saturated carbocycles. The molecule has 0 spiro atoms. The molecule has 0 atom stereocenters. The molecular formula is C8H13NO2. The summed E-state index contributed by atoms with van der Waals surface area (Å²) in [6.45, 7) is 5.64. The van der Waals surface area contributed by atoms with E-state index in [0.29, 0.717) is 5.69 Å².